The fraction of sp³-hybridized carbons (Fsp3) is 0.636. The molecule has 1 aromatic rings. The molecule has 0 spiro atoms. The average molecular weight is 209 g/mol. The monoisotopic (exact) mass is 209 g/mol. The van der Waals surface area contributed by atoms with Crippen LogP contribution in [0.25, 0.3) is 0 Å². The summed E-state index contributed by atoms with van der Waals surface area (Å²) < 4.78 is 5.16. The van der Waals surface area contributed by atoms with Gasteiger partial charge in [-0.2, -0.15) is 0 Å². The molecule has 0 fully saturated rings. The summed E-state index contributed by atoms with van der Waals surface area (Å²) >= 11 is 0. The van der Waals surface area contributed by atoms with E-state index in [-0.39, 0.29) is 0 Å². The summed E-state index contributed by atoms with van der Waals surface area (Å²) in [5.74, 6) is 0.997. The highest BCUT2D eigenvalue weighted by molar-refractivity contribution is 5.45. The Kier molecular flexibility index (Phi) is 4.49. The minimum Gasteiger partial charge on any atom is -0.383 e. The smallest absolute Gasteiger partial charge is 0.135 e. The first-order chi connectivity index (χ1) is 7.20. The SMILES string of the molecule is CCN(c1ncncc1C)[C@H](C)COC. The first-order valence-corrected chi connectivity index (χ1v) is 5.22. The molecule has 0 aliphatic carbocycles. The van der Waals surface area contributed by atoms with Gasteiger partial charge in [0, 0.05) is 25.4 Å². The van der Waals surface area contributed by atoms with Crippen LogP contribution in [0.5, 0.6) is 0 Å². The minimum atomic E-state index is 0.327. The van der Waals surface area contributed by atoms with Gasteiger partial charge in [0.25, 0.3) is 0 Å². The number of methoxy groups -OCH3 is 1. The fourth-order valence-electron chi connectivity index (χ4n) is 1.69. The van der Waals surface area contributed by atoms with E-state index in [2.05, 4.69) is 28.7 Å². The molecule has 0 aliphatic rings. The zero-order valence-electron chi connectivity index (χ0n) is 9.90. The molecule has 0 aliphatic heterocycles. The van der Waals surface area contributed by atoms with Gasteiger partial charge in [-0.05, 0) is 20.8 Å². The summed E-state index contributed by atoms with van der Waals surface area (Å²) in [6.07, 6.45) is 3.43. The van der Waals surface area contributed by atoms with Gasteiger partial charge in [-0.3, -0.25) is 0 Å². The molecule has 84 valence electrons. The highest BCUT2D eigenvalue weighted by atomic mass is 16.5. The zero-order chi connectivity index (χ0) is 11.3. The number of anilines is 1. The van der Waals surface area contributed by atoms with E-state index in [0.717, 1.165) is 17.9 Å². The van der Waals surface area contributed by atoms with Gasteiger partial charge < -0.3 is 9.64 Å². The van der Waals surface area contributed by atoms with Gasteiger partial charge in [0.15, 0.2) is 0 Å². The van der Waals surface area contributed by atoms with E-state index < -0.39 is 0 Å². The molecule has 0 radical (unpaired) electrons. The van der Waals surface area contributed by atoms with Crippen LogP contribution in [0.4, 0.5) is 5.82 Å². The standard InChI is InChI=1S/C11H19N3O/c1-5-14(10(3)7-15-4)11-9(2)6-12-8-13-11/h6,8,10H,5,7H2,1-4H3/t10-/m1/s1. The van der Waals surface area contributed by atoms with E-state index in [4.69, 9.17) is 4.74 Å². The molecule has 0 unspecified atom stereocenters. The summed E-state index contributed by atoms with van der Waals surface area (Å²) in [7, 11) is 1.72. The third-order valence-corrected chi connectivity index (χ3v) is 2.42. The predicted molar refractivity (Wildman–Crippen MR) is 61.1 cm³/mol. The van der Waals surface area contributed by atoms with Crippen molar-refractivity contribution in [1.82, 2.24) is 9.97 Å². The third kappa shape index (κ3) is 2.89. The fourth-order valence-corrected chi connectivity index (χ4v) is 1.69. The van der Waals surface area contributed by atoms with Gasteiger partial charge in [0.05, 0.1) is 12.6 Å². The Morgan fingerprint density at radius 2 is 2.27 bits per heavy atom. The molecule has 1 atom stereocenters. The number of hydrogen-bond acceptors (Lipinski definition) is 4. The van der Waals surface area contributed by atoms with Crippen LogP contribution < -0.4 is 4.90 Å². The Hall–Kier alpha value is -1.16. The normalized spacial score (nSPS) is 12.5. The molecule has 0 amide bonds. The highest BCUT2D eigenvalue weighted by Crippen LogP contribution is 2.17. The second-order valence-corrected chi connectivity index (χ2v) is 3.62. The Labute approximate surface area is 91.3 Å². The van der Waals surface area contributed by atoms with E-state index in [1.807, 2.05) is 13.1 Å². The predicted octanol–water partition coefficient (Wildman–Crippen LogP) is 1.65. The van der Waals surface area contributed by atoms with Crippen molar-refractivity contribution in [3.8, 4) is 0 Å². The van der Waals surface area contributed by atoms with Crippen molar-refractivity contribution in [2.45, 2.75) is 26.8 Å². The van der Waals surface area contributed by atoms with Crippen molar-refractivity contribution in [2.75, 3.05) is 25.2 Å². The summed E-state index contributed by atoms with van der Waals surface area (Å²) in [6, 6.07) is 0.327. The molecule has 0 bridgehead atoms. The van der Waals surface area contributed by atoms with Crippen LogP contribution in [-0.4, -0.2) is 36.3 Å². The largest absolute Gasteiger partial charge is 0.383 e. The lowest BCUT2D eigenvalue weighted by atomic mass is 10.2. The van der Waals surface area contributed by atoms with Crippen molar-refractivity contribution >= 4 is 5.82 Å². The van der Waals surface area contributed by atoms with Crippen molar-refractivity contribution in [1.29, 1.82) is 0 Å². The van der Waals surface area contributed by atoms with Crippen molar-refractivity contribution < 1.29 is 4.74 Å². The lowest BCUT2D eigenvalue weighted by Crippen LogP contribution is -2.37. The summed E-state index contributed by atoms with van der Waals surface area (Å²) in [5.41, 5.74) is 1.10. The highest BCUT2D eigenvalue weighted by Gasteiger charge is 2.15. The van der Waals surface area contributed by atoms with Gasteiger partial charge in [-0.25, -0.2) is 9.97 Å². The summed E-state index contributed by atoms with van der Waals surface area (Å²) in [5, 5.41) is 0. The topological polar surface area (TPSA) is 38.2 Å². The number of aromatic nitrogens is 2. The molecule has 1 aromatic heterocycles. The van der Waals surface area contributed by atoms with Crippen LogP contribution in [0.15, 0.2) is 12.5 Å². The maximum Gasteiger partial charge on any atom is 0.135 e. The van der Waals surface area contributed by atoms with E-state index in [1.54, 1.807) is 13.4 Å². The van der Waals surface area contributed by atoms with Gasteiger partial charge in [-0.15, -0.1) is 0 Å². The molecule has 1 rings (SSSR count). The van der Waals surface area contributed by atoms with E-state index in [1.165, 1.54) is 0 Å². The van der Waals surface area contributed by atoms with Crippen LogP contribution >= 0.6 is 0 Å². The number of likely N-dealkylation sites (N-methyl/N-ethyl adjacent to an activating group) is 1. The van der Waals surface area contributed by atoms with Crippen LogP contribution in [-0.2, 0) is 4.74 Å². The Balaban J connectivity index is 2.87. The quantitative estimate of drug-likeness (QED) is 0.739. The number of nitrogens with zero attached hydrogens (tertiary/aromatic N) is 3. The summed E-state index contributed by atoms with van der Waals surface area (Å²) in [6.45, 7) is 7.90. The molecule has 1 heterocycles. The Bertz CT molecular complexity index is 304. The Morgan fingerprint density at radius 3 is 2.80 bits per heavy atom. The first kappa shape index (κ1) is 11.9. The molecule has 4 heteroatoms. The van der Waals surface area contributed by atoms with Gasteiger partial charge in [-0.1, -0.05) is 0 Å². The lowest BCUT2D eigenvalue weighted by Gasteiger charge is -2.29. The van der Waals surface area contributed by atoms with E-state index >= 15 is 0 Å². The molecule has 0 N–H and O–H groups in total. The molecule has 4 nitrogen and oxygen atoms in total. The van der Waals surface area contributed by atoms with Crippen molar-refractivity contribution in [3.63, 3.8) is 0 Å². The second-order valence-electron chi connectivity index (χ2n) is 3.62. The van der Waals surface area contributed by atoms with E-state index in [0.29, 0.717) is 12.6 Å². The zero-order valence-corrected chi connectivity index (χ0v) is 9.90. The van der Waals surface area contributed by atoms with Crippen LogP contribution in [0, 0.1) is 6.92 Å². The lowest BCUT2D eigenvalue weighted by molar-refractivity contribution is 0.181. The molecule has 0 aromatic carbocycles. The number of aryl methyl sites for hydroxylation is 1. The second kappa shape index (κ2) is 5.66. The average Bonchev–Trinajstić information content (AvgIpc) is 2.22. The molecule has 0 saturated heterocycles. The van der Waals surface area contributed by atoms with Crippen molar-refractivity contribution in [2.24, 2.45) is 0 Å². The van der Waals surface area contributed by atoms with Gasteiger partial charge in [0.1, 0.15) is 12.1 Å². The van der Waals surface area contributed by atoms with Gasteiger partial charge in [0.2, 0.25) is 0 Å². The molecule has 0 saturated carbocycles. The maximum atomic E-state index is 5.16. The number of ether oxygens (including phenoxy) is 1. The minimum absolute atomic E-state index is 0.327. The van der Waals surface area contributed by atoms with Gasteiger partial charge >= 0.3 is 0 Å². The molecular weight excluding hydrogens is 190 g/mol. The number of hydrogen-bond donors (Lipinski definition) is 0. The maximum absolute atomic E-state index is 5.16. The molecule has 15 heavy (non-hydrogen) atoms. The van der Waals surface area contributed by atoms with Crippen LogP contribution in [0.3, 0.4) is 0 Å². The number of rotatable bonds is 5. The molecular formula is C11H19N3O. The van der Waals surface area contributed by atoms with E-state index in [9.17, 15) is 0 Å². The Morgan fingerprint density at radius 1 is 1.53 bits per heavy atom. The van der Waals surface area contributed by atoms with Crippen LogP contribution in [0.1, 0.15) is 19.4 Å². The first-order valence-electron chi connectivity index (χ1n) is 5.22. The third-order valence-electron chi connectivity index (χ3n) is 2.42. The van der Waals surface area contributed by atoms with Crippen molar-refractivity contribution in [3.05, 3.63) is 18.1 Å². The van der Waals surface area contributed by atoms with Crippen LogP contribution in [0.2, 0.25) is 0 Å². The summed E-state index contributed by atoms with van der Waals surface area (Å²) in [4.78, 5) is 10.5.